The van der Waals surface area contributed by atoms with Crippen molar-refractivity contribution >= 4 is 5.91 Å². The molecular formula is C17H26N2O2. The molecule has 4 heteroatoms. The number of hydrogen-bond donors (Lipinski definition) is 1. The molecule has 0 saturated carbocycles. The zero-order valence-electron chi connectivity index (χ0n) is 13.3. The number of amides is 1. The Bertz CT molecular complexity index is 502. The summed E-state index contributed by atoms with van der Waals surface area (Å²) in [5, 5.41) is 0. The van der Waals surface area contributed by atoms with Crippen molar-refractivity contribution in [1.29, 1.82) is 0 Å². The van der Waals surface area contributed by atoms with Crippen molar-refractivity contribution in [2.75, 3.05) is 20.3 Å². The maximum Gasteiger partial charge on any atom is 0.223 e. The van der Waals surface area contributed by atoms with Crippen LogP contribution in [-0.2, 0) is 9.53 Å². The standard InChI is InChI=1S/C17H26N2O2/c1-12-7-8-14(13(2)11-12)17-15(18)5-4-6-16(20)19(17)9-10-21-3/h7-8,11,15,17H,4-6,9-10,18H2,1-3H3. The highest BCUT2D eigenvalue weighted by molar-refractivity contribution is 5.77. The van der Waals surface area contributed by atoms with Gasteiger partial charge in [-0.25, -0.2) is 0 Å². The summed E-state index contributed by atoms with van der Waals surface area (Å²) in [5.41, 5.74) is 10.0. The van der Waals surface area contributed by atoms with Gasteiger partial charge in [0.25, 0.3) is 0 Å². The minimum atomic E-state index is -0.0456. The molecule has 0 radical (unpaired) electrons. The van der Waals surface area contributed by atoms with Gasteiger partial charge in [0, 0.05) is 26.1 Å². The number of hydrogen-bond acceptors (Lipinski definition) is 3. The molecular weight excluding hydrogens is 264 g/mol. The van der Waals surface area contributed by atoms with Gasteiger partial charge in [0.1, 0.15) is 0 Å². The maximum atomic E-state index is 12.4. The number of benzene rings is 1. The van der Waals surface area contributed by atoms with Crippen molar-refractivity contribution in [3.8, 4) is 0 Å². The number of rotatable bonds is 4. The number of carbonyl (C=O) groups is 1. The van der Waals surface area contributed by atoms with E-state index in [1.807, 2.05) is 4.90 Å². The van der Waals surface area contributed by atoms with E-state index in [0.29, 0.717) is 19.6 Å². The van der Waals surface area contributed by atoms with Crippen LogP contribution in [0.1, 0.15) is 42.0 Å². The molecule has 1 aromatic carbocycles. The number of aryl methyl sites for hydroxylation is 2. The van der Waals surface area contributed by atoms with Crippen LogP contribution in [0.3, 0.4) is 0 Å². The van der Waals surface area contributed by atoms with Crippen LogP contribution in [-0.4, -0.2) is 37.1 Å². The fourth-order valence-electron chi connectivity index (χ4n) is 3.19. The quantitative estimate of drug-likeness (QED) is 0.926. The summed E-state index contributed by atoms with van der Waals surface area (Å²) in [4.78, 5) is 14.4. The van der Waals surface area contributed by atoms with Crippen molar-refractivity contribution < 1.29 is 9.53 Å². The maximum absolute atomic E-state index is 12.4. The predicted molar refractivity (Wildman–Crippen MR) is 84.1 cm³/mol. The monoisotopic (exact) mass is 290 g/mol. The lowest BCUT2D eigenvalue weighted by atomic mass is 9.92. The van der Waals surface area contributed by atoms with Crippen LogP contribution in [0.5, 0.6) is 0 Å². The van der Waals surface area contributed by atoms with Gasteiger partial charge in [-0.2, -0.15) is 0 Å². The Kier molecular flexibility index (Phi) is 5.37. The molecule has 2 unspecified atom stereocenters. The van der Waals surface area contributed by atoms with E-state index in [1.54, 1.807) is 7.11 Å². The van der Waals surface area contributed by atoms with Crippen LogP contribution in [0, 0.1) is 13.8 Å². The smallest absolute Gasteiger partial charge is 0.223 e. The van der Waals surface area contributed by atoms with Gasteiger partial charge in [0.15, 0.2) is 0 Å². The van der Waals surface area contributed by atoms with Crippen molar-refractivity contribution in [3.63, 3.8) is 0 Å². The molecule has 0 bridgehead atoms. The van der Waals surface area contributed by atoms with E-state index in [9.17, 15) is 4.79 Å². The summed E-state index contributed by atoms with van der Waals surface area (Å²) in [6, 6.07) is 6.31. The topological polar surface area (TPSA) is 55.6 Å². The summed E-state index contributed by atoms with van der Waals surface area (Å²) in [7, 11) is 1.66. The molecule has 0 spiro atoms. The second-order valence-corrected chi connectivity index (χ2v) is 5.94. The van der Waals surface area contributed by atoms with Gasteiger partial charge in [-0.05, 0) is 37.8 Å². The van der Waals surface area contributed by atoms with Gasteiger partial charge in [0.2, 0.25) is 5.91 Å². The molecule has 1 heterocycles. The summed E-state index contributed by atoms with van der Waals surface area (Å²) in [5.74, 6) is 0.185. The van der Waals surface area contributed by atoms with Gasteiger partial charge in [-0.3, -0.25) is 4.79 Å². The zero-order valence-corrected chi connectivity index (χ0v) is 13.3. The highest BCUT2D eigenvalue weighted by Crippen LogP contribution is 2.32. The molecule has 1 aliphatic heterocycles. The molecule has 1 fully saturated rings. The number of ether oxygens (including phenoxy) is 1. The summed E-state index contributed by atoms with van der Waals surface area (Å²) in [6.07, 6.45) is 2.33. The zero-order chi connectivity index (χ0) is 15.4. The Morgan fingerprint density at radius 3 is 2.81 bits per heavy atom. The molecule has 0 aliphatic carbocycles. The average molecular weight is 290 g/mol. The van der Waals surface area contributed by atoms with E-state index in [2.05, 4.69) is 32.0 Å². The number of nitrogens with two attached hydrogens (primary N) is 1. The van der Waals surface area contributed by atoms with Gasteiger partial charge in [-0.1, -0.05) is 23.8 Å². The van der Waals surface area contributed by atoms with Crippen LogP contribution in [0.2, 0.25) is 0 Å². The number of methoxy groups -OCH3 is 1. The molecule has 21 heavy (non-hydrogen) atoms. The molecule has 0 aromatic heterocycles. The second-order valence-electron chi connectivity index (χ2n) is 5.94. The van der Waals surface area contributed by atoms with Crippen molar-refractivity contribution in [3.05, 3.63) is 34.9 Å². The Labute approximate surface area is 127 Å². The third-order valence-electron chi connectivity index (χ3n) is 4.27. The first-order valence-corrected chi connectivity index (χ1v) is 7.65. The lowest BCUT2D eigenvalue weighted by Gasteiger charge is -2.35. The molecule has 2 rings (SSSR count). The normalized spacial score (nSPS) is 23.2. The third kappa shape index (κ3) is 3.63. The minimum Gasteiger partial charge on any atom is -0.383 e. The van der Waals surface area contributed by atoms with Crippen LogP contribution >= 0.6 is 0 Å². The number of likely N-dealkylation sites (tertiary alicyclic amines) is 1. The molecule has 2 N–H and O–H groups in total. The molecule has 1 aromatic rings. The van der Waals surface area contributed by atoms with Crippen LogP contribution < -0.4 is 5.73 Å². The van der Waals surface area contributed by atoms with E-state index in [1.165, 1.54) is 16.7 Å². The summed E-state index contributed by atoms with van der Waals surface area (Å²) in [6.45, 7) is 5.32. The second kappa shape index (κ2) is 7.05. The highest BCUT2D eigenvalue weighted by atomic mass is 16.5. The van der Waals surface area contributed by atoms with Crippen LogP contribution in [0.25, 0.3) is 0 Å². The predicted octanol–water partition coefficient (Wildman–Crippen LogP) is 2.33. The number of carbonyl (C=O) groups excluding carboxylic acids is 1. The molecule has 1 amide bonds. The van der Waals surface area contributed by atoms with Gasteiger partial charge >= 0.3 is 0 Å². The average Bonchev–Trinajstić information content (AvgIpc) is 2.56. The van der Waals surface area contributed by atoms with E-state index >= 15 is 0 Å². The number of nitrogens with zero attached hydrogens (tertiary/aromatic N) is 1. The van der Waals surface area contributed by atoms with Crippen molar-refractivity contribution in [2.24, 2.45) is 5.73 Å². The van der Waals surface area contributed by atoms with E-state index in [0.717, 1.165) is 12.8 Å². The minimum absolute atomic E-state index is 0.0188. The SMILES string of the molecule is COCCN1C(=O)CCCC(N)C1c1ccc(C)cc1C. The molecule has 1 aliphatic rings. The fraction of sp³-hybridized carbons (Fsp3) is 0.588. The first-order chi connectivity index (χ1) is 10.0. The first-order valence-electron chi connectivity index (χ1n) is 7.65. The van der Waals surface area contributed by atoms with Crippen LogP contribution in [0.4, 0.5) is 0 Å². The highest BCUT2D eigenvalue weighted by Gasteiger charge is 2.33. The Balaban J connectivity index is 2.38. The Morgan fingerprint density at radius 1 is 1.38 bits per heavy atom. The first kappa shape index (κ1) is 16.0. The molecule has 2 atom stereocenters. The fourth-order valence-corrected chi connectivity index (χ4v) is 3.19. The van der Waals surface area contributed by atoms with Crippen molar-refractivity contribution in [2.45, 2.75) is 45.2 Å². The van der Waals surface area contributed by atoms with E-state index in [4.69, 9.17) is 10.5 Å². The van der Waals surface area contributed by atoms with Gasteiger partial charge in [0.05, 0.1) is 12.6 Å². The van der Waals surface area contributed by atoms with E-state index < -0.39 is 0 Å². The largest absolute Gasteiger partial charge is 0.383 e. The summed E-state index contributed by atoms with van der Waals surface area (Å²) >= 11 is 0. The van der Waals surface area contributed by atoms with Crippen LogP contribution in [0.15, 0.2) is 18.2 Å². The lowest BCUT2D eigenvalue weighted by Crippen LogP contribution is -2.44. The lowest BCUT2D eigenvalue weighted by molar-refractivity contribution is -0.134. The summed E-state index contributed by atoms with van der Waals surface area (Å²) < 4.78 is 5.17. The Hall–Kier alpha value is -1.39. The molecule has 4 nitrogen and oxygen atoms in total. The van der Waals surface area contributed by atoms with E-state index in [-0.39, 0.29) is 18.0 Å². The third-order valence-corrected chi connectivity index (χ3v) is 4.27. The van der Waals surface area contributed by atoms with Gasteiger partial charge in [-0.15, -0.1) is 0 Å². The van der Waals surface area contributed by atoms with Crippen molar-refractivity contribution in [1.82, 2.24) is 4.90 Å². The molecule has 1 saturated heterocycles. The molecule has 116 valence electrons. The Morgan fingerprint density at radius 2 is 2.14 bits per heavy atom. The van der Waals surface area contributed by atoms with Gasteiger partial charge < -0.3 is 15.4 Å².